The van der Waals surface area contributed by atoms with Gasteiger partial charge in [0.05, 0.1) is 13.6 Å². The van der Waals surface area contributed by atoms with E-state index in [0.717, 1.165) is 4.47 Å². The molecule has 2 rings (SSSR count). The van der Waals surface area contributed by atoms with E-state index in [1.54, 1.807) is 7.05 Å². The lowest BCUT2D eigenvalue weighted by molar-refractivity contribution is 0.555. The maximum absolute atomic E-state index is 4.12. The van der Waals surface area contributed by atoms with Gasteiger partial charge in [0.2, 0.25) is 0 Å². The minimum Gasteiger partial charge on any atom is -0.303 e. The monoisotopic (exact) mass is 295 g/mol. The van der Waals surface area contributed by atoms with Crippen LogP contribution in [0, 0.1) is 0 Å². The third-order valence-electron chi connectivity index (χ3n) is 2.46. The number of rotatable bonds is 4. The van der Waals surface area contributed by atoms with Crippen LogP contribution < -0.4 is 5.32 Å². The Kier molecular flexibility index (Phi) is 3.86. The van der Waals surface area contributed by atoms with Gasteiger partial charge in [-0.15, -0.1) is 10.2 Å². The van der Waals surface area contributed by atoms with Crippen molar-refractivity contribution in [1.29, 1.82) is 0 Å². The van der Waals surface area contributed by atoms with Crippen LogP contribution in [-0.4, -0.2) is 20.2 Å². The maximum Gasteiger partial charge on any atom is 0.188 e. The van der Waals surface area contributed by atoms with Crippen molar-refractivity contribution in [2.45, 2.75) is 19.5 Å². The molecule has 2 aromatic rings. The van der Waals surface area contributed by atoms with Gasteiger partial charge in [0.15, 0.2) is 5.82 Å². The second kappa shape index (κ2) is 5.37. The van der Waals surface area contributed by atoms with Crippen LogP contribution in [0.1, 0.15) is 24.4 Å². The maximum atomic E-state index is 4.12. The Morgan fingerprint density at radius 3 is 2.94 bits per heavy atom. The van der Waals surface area contributed by atoms with Crippen LogP contribution in [0.15, 0.2) is 28.7 Å². The number of aryl methyl sites for hydroxylation is 1. The highest BCUT2D eigenvalue weighted by atomic mass is 79.9. The molecule has 0 amide bonds. The third-order valence-corrected chi connectivity index (χ3v) is 2.96. The van der Waals surface area contributed by atoms with Crippen molar-refractivity contribution in [3.63, 3.8) is 0 Å². The van der Waals surface area contributed by atoms with Crippen molar-refractivity contribution in [3.8, 4) is 0 Å². The van der Waals surface area contributed by atoms with Gasteiger partial charge in [-0.1, -0.05) is 28.1 Å². The normalized spacial score (nSPS) is 12.6. The molecule has 0 saturated carbocycles. The van der Waals surface area contributed by atoms with E-state index in [0.29, 0.717) is 12.4 Å². The van der Waals surface area contributed by atoms with Gasteiger partial charge >= 0.3 is 0 Å². The van der Waals surface area contributed by atoms with E-state index in [1.807, 2.05) is 12.1 Å². The first kappa shape index (κ1) is 12.2. The molecule has 0 aliphatic heterocycles. The van der Waals surface area contributed by atoms with Gasteiger partial charge in [-0.25, -0.2) is 0 Å². The smallest absolute Gasteiger partial charge is 0.188 e. The quantitative estimate of drug-likeness (QED) is 0.935. The van der Waals surface area contributed by atoms with Gasteiger partial charge in [0, 0.05) is 10.5 Å². The van der Waals surface area contributed by atoms with Gasteiger partial charge in [-0.05, 0) is 29.8 Å². The zero-order valence-electron chi connectivity index (χ0n) is 9.76. The molecule has 6 heteroatoms. The number of nitrogens with one attached hydrogen (secondary N) is 1. The molecule has 1 heterocycles. The van der Waals surface area contributed by atoms with E-state index in [1.165, 1.54) is 10.4 Å². The van der Waals surface area contributed by atoms with Crippen LogP contribution in [0.5, 0.6) is 0 Å². The summed E-state index contributed by atoms with van der Waals surface area (Å²) in [5.41, 5.74) is 1.23. The van der Waals surface area contributed by atoms with Gasteiger partial charge < -0.3 is 5.32 Å². The minimum absolute atomic E-state index is 0.247. The fourth-order valence-electron chi connectivity index (χ4n) is 1.53. The molecular weight excluding hydrogens is 282 g/mol. The Bertz CT molecular complexity index is 496. The SMILES string of the molecule is CC(NCc1nnn(C)n1)c1cccc(Br)c1. The Hall–Kier alpha value is -1.27. The summed E-state index contributed by atoms with van der Waals surface area (Å²) < 4.78 is 1.08. The van der Waals surface area contributed by atoms with Crippen molar-refractivity contribution < 1.29 is 0 Å². The predicted octanol–water partition coefficient (Wildman–Crippen LogP) is 1.82. The van der Waals surface area contributed by atoms with Gasteiger partial charge in [0.1, 0.15) is 0 Å². The summed E-state index contributed by atoms with van der Waals surface area (Å²) in [5, 5.41) is 15.2. The summed E-state index contributed by atoms with van der Waals surface area (Å²) in [5.74, 6) is 0.703. The van der Waals surface area contributed by atoms with Crippen molar-refractivity contribution in [1.82, 2.24) is 25.5 Å². The van der Waals surface area contributed by atoms with Crippen molar-refractivity contribution in [3.05, 3.63) is 40.1 Å². The molecule has 90 valence electrons. The molecule has 1 atom stereocenters. The summed E-state index contributed by atoms with van der Waals surface area (Å²) in [6, 6.07) is 8.48. The van der Waals surface area contributed by atoms with Crippen molar-refractivity contribution in [2.75, 3.05) is 0 Å². The van der Waals surface area contributed by atoms with Crippen LogP contribution in [0.2, 0.25) is 0 Å². The number of aromatic nitrogens is 4. The second-order valence-corrected chi connectivity index (χ2v) is 4.77. The molecule has 0 radical (unpaired) electrons. The van der Waals surface area contributed by atoms with Crippen LogP contribution in [0.4, 0.5) is 0 Å². The lowest BCUT2D eigenvalue weighted by Gasteiger charge is -2.12. The number of benzene rings is 1. The number of nitrogens with zero attached hydrogens (tertiary/aromatic N) is 4. The summed E-state index contributed by atoms with van der Waals surface area (Å²) in [6.45, 7) is 2.72. The standard InChI is InChI=1S/C11H14BrN5/c1-8(9-4-3-5-10(12)6-9)13-7-11-14-16-17(2)15-11/h3-6,8,13H,7H2,1-2H3. The van der Waals surface area contributed by atoms with E-state index >= 15 is 0 Å². The molecule has 1 aromatic heterocycles. The number of hydrogen-bond donors (Lipinski definition) is 1. The highest BCUT2D eigenvalue weighted by molar-refractivity contribution is 9.10. The zero-order chi connectivity index (χ0) is 12.3. The molecule has 0 spiro atoms. The van der Waals surface area contributed by atoms with E-state index in [-0.39, 0.29) is 6.04 Å². The van der Waals surface area contributed by atoms with Crippen molar-refractivity contribution >= 4 is 15.9 Å². The van der Waals surface area contributed by atoms with Crippen LogP contribution in [-0.2, 0) is 13.6 Å². The largest absolute Gasteiger partial charge is 0.303 e. The Balaban J connectivity index is 1.95. The molecule has 0 saturated heterocycles. The third kappa shape index (κ3) is 3.34. The molecule has 0 aliphatic rings. The highest BCUT2D eigenvalue weighted by Gasteiger charge is 2.07. The summed E-state index contributed by atoms with van der Waals surface area (Å²) >= 11 is 3.46. The molecule has 0 fully saturated rings. The summed E-state index contributed by atoms with van der Waals surface area (Å²) in [7, 11) is 1.76. The van der Waals surface area contributed by atoms with E-state index in [2.05, 4.69) is 55.7 Å². The molecule has 1 unspecified atom stereocenters. The van der Waals surface area contributed by atoms with Crippen LogP contribution in [0.3, 0.4) is 0 Å². The predicted molar refractivity (Wildman–Crippen MR) is 68.2 cm³/mol. The van der Waals surface area contributed by atoms with Crippen LogP contribution in [0.25, 0.3) is 0 Å². The Morgan fingerprint density at radius 2 is 2.29 bits per heavy atom. The van der Waals surface area contributed by atoms with E-state index < -0.39 is 0 Å². The Labute approximate surface area is 108 Å². The number of halogens is 1. The summed E-state index contributed by atoms with van der Waals surface area (Å²) in [6.07, 6.45) is 0. The minimum atomic E-state index is 0.247. The van der Waals surface area contributed by atoms with E-state index in [9.17, 15) is 0 Å². The summed E-state index contributed by atoms with van der Waals surface area (Å²) in [4.78, 5) is 1.46. The number of tetrazole rings is 1. The van der Waals surface area contributed by atoms with E-state index in [4.69, 9.17) is 0 Å². The fraction of sp³-hybridized carbons (Fsp3) is 0.364. The highest BCUT2D eigenvalue weighted by Crippen LogP contribution is 2.17. The van der Waals surface area contributed by atoms with Crippen LogP contribution >= 0.6 is 15.9 Å². The molecule has 5 nitrogen and oxygen atoms in total. The molecular formula is C11H14BrN5. The first-order valence-electron chi connectivity index (χ1n) is 5.37. The molecule has 0 bridgehead atoms. The fourth-order valence-corrected chi connectivity index (χ4v) is 1.95. The van der Waals surface area contributed by atoms with Crippen molar-refractivity contribution in [2.24, 2.45) is 7.05 Å². The van der Waals surface area contributed by atoms with Gasteiger partial charge in [-0.3, -0.25) is 0 Å². The Morgan fingerprint density at radius 1 is 1.47 bits per heavy atom. The zero-order valence-corrected chi connectivity index (χ0v) is 11.3. The van der Waals surface area contributed by atoms with Gasteiger partial charge in [-0.2, -0.15) is 4.80 Å². The van der Waals surface area contributed by atoms with Gasteiger partial charge in [0.25, 0.3) is 0 Å². The number of hydrogen-bond acceptors (Lipinski definition) is 4. The lowest BCUT2D eigenvalue weighted by Crippen LogP contribution is -2.19. The molecule has 0 aliphatic carbocycles. The average Bonchev–Trinajstić information content (AvgIpc) is 2.72. The first-order valence-corrected chi connectivity index (χ1v) is 6.16. The lowest BCUT2D eigenvalue weighted by atomic mass is 10.1. The molecule has 17 heavy (non-hydrogen) atoms. The first-order chi connectivity index (χ1) is 8.15. The molecule has 1 aromatic carbocycles. The average molecular weight is 296 g/mol. The second-order valence-electron chi connectivity index (χ2n) is 3.85. The topological polar surface area (TPSA) is 55.6 Å². The molecule has 1 N–H and O–H groups in total.